The van der Waals surface area contributed by atoms with Crippen molar-refractivity contribution < 1.29 is 9.90 Å². The summed E-state index contributed by atoms with van der Waals surface area (Å²) >= 11 is 0. The zero-order valence-electron chi connectivity index (χ0n) is 8.10. The van der Waals surface area contributed by atoms with Gasteiger partial charge >= 0.3 is 0 Å². The van der Waals surface area contributed by atoms with E-state index in [9.17, 15) is 4.79 Å². The SMILES string of the molecule is C[C@H]1Cc2ccccc2N1C(=O)CO. The van der Waals surface area contributed by atoms with E-state index in [1.54, 1.807) is 4.90 Å². The van der Waals surface area contributed by atoms with Crippen LogP contribution in [0.4, 0.5) is 5.69 Å². The highest BCUT2D eigenvalue weighted by atomic mass is 16.3. The number of benzene rings is 1. The normalized spacial score (nSPS) is 19.6. The second-order valence-electron chi connectivity index (χ2n) is 3.60. The molecule has 0 radical (unpaired) electrons. The number of para-hydroxylation sites is 1. The van der Waals surface area contributed by atoms with Crippen molar-refractivity contribution >= 4 is 11.6 Å². The summed E-state index contributed by atoms with van der Waals surface area (Å²) in [5.41, 5.74) is 2.13. The first-order chi connectivity index (χ1) is 6.74. The summed E-state index contributed by atoms with van der Waals surface area (Å²) < 4.78 is 0. The van der Waals surface area contributed by atoms with Crippen LogP contribution < -0.4 is 4.90 Å². The molecule has 1 atom stereocenters. The Bertz CT molecular complexity index is 362. The number of hydrogen-bond donors (Lipinski definition) is 1. The van der Waals surface area contributed by atoms with Gasteiger partial charge in [0.05, 0.1) is 0 Å². The molecule has 0 bridgehead atoms. The van der Waals surface area contributed by atoms with Gasteiger partial charge in [-0.2, -0.15) is 0 Å². The third kappa shape index (κ3) is 1.30. The van der Waals surface area contributed by atoms with E-state index in [2.05, 4.69) is 0 Å². The van der Waals surface area contributed by atoms with Crippen molar-refractivity contribution in [3.05, 3.63) is 29.8 Å². The molecule has 3 heteroatoms. The van der Waals surface area contributed by atoms with Crippen molar-refractivity contribution in [3.8, 4) is 0 Å². The molecule has 1 aromatic rings. The highest BCUT2D eigenvalue weighted by Crippen LogP contribution is 2.31. The van der Waals surface area contributed by atoms with E-state index in [4.69, 9.17) is 5.11 Å². The van der Waals surface area contributed by atoms with Crippen molar-refractivity contribution in [2.75, 3.05) is 11.5 Å². The van der Waals surface area contributed by atoms with Gasteiger partial charge in [-0.3, -0.25) is 4.79 Å². The molecule has 0 spiro atoms. The molecule has 0 fully saturated rings. The molecule has 3 nitrogen and oxygen atoms in total. The van der Waals surface area contributed by atoms with Crippen LogP contribution in [-0.4, -0.2) is 23.7 Å². The summed E-state index contributed by atoms with van der Waals surface area (Å²) in [6.45, 7) is 1.58. The van der Waals surface area contributed by atoms with E-state index in [-0.39, 0.29) is 11.9 Å². The Labute approximate surface area is 83.0 Å². The van der Waals surface area contributed by atoms with Crippen LogP contribution >= 0.6 is 0 Å². The fraction of sp³-hybridized carbons (Fsp3) is 0.364. The summed E-state index contributed by atoms with van der Waals surface area (Å²) in [5.74, 6) is -0.220. The molecule has 2 rings (SSSR count). The minimum atomic E-state index is -0.418. The van der Waals surface area contributed by atoms with Gasteiger partial charge in [-0.05, 0) is 25.0 Å². The van der Waals surface area contributed by atoms with Gasteiger partial charge in [0.2, 0.25) is 0 Å². The van der Waals surface area contributed by atoms with E-state index in [1.165, 1.54) is 5.56 Å². The van der Waals surface area contributed by atoms with Gasteiger partial charge < -0.3 is 10.0 Å². The van der Waals surface area contributed by atoms with Crippen LogP contribution in [0.1, 0.15) is 12.5 Å². The summed E-state index contributed by atoms with van der Waals surface area (Å²) in [7, 11) is 0. The molecule has 1 aliphatic rings. The first-order valence-corrected chi connectivity index (χ1v) is 4.75. The number of nitrogens with zero attached hydrogens (tertiary/aromatic N) is 1. The predicted octanol–water partition coefficient (Wildman–Crippen LogP) is 0.957. The molecule has 0 aromatic heterocycles. The van der Waals surface area contributed by atoms with Gasteiger partial charge in [-0.25, -0.2) is 0 Å². The first-order valence-electron chi connectivity index (χ1n) is 4.75. The molecule has 0 saturated heterocycles. The fourth-order valence-corrected chi connectivity index (χ4v) is 2.02. The van der Waals surface area contributed by atoms with Crippen LogP contribution in [0.5, 0.6) is 0 Å². The van der Waals surface area contributed by atoms with Crippen LogP contribution in [0.3, 0.4) is 0 Å². The third-order valence-electron chi connectivity index (χ3n) is 2.61. The van der Waals surface area contributed by atoms with E-state index in [1.807, 2.05) is 31.2 Å². The van der Waals surface area contributed by atoms with E-state index in [0.717, 1.165) is 12.1 Å². The minimum Gasteiger partial charge on any atom is -0.387 e. The zero-order valence-corrected chi connectivity index (χ0v) is 8.10. The topological polar surface area (TPSA) is 40.5 Å². The summed E-state index contributed by atoms with van der Waals surface area (Å²) in [5, 5.41) is 8.85. The minimum absolute atomic E-state index is 0.159. The maximum Gasteiger partial charge on any atom is 0.252 e. The average molecular weight is 191 g/mol. The molecular formula is C11H13NO2. The molecule has 1 N–H and O–H groups in total. The lowest BCUT2D eigenvalue weighted by Crippen LogP contribution is -2.37. The third-order valence-corrected chi connectivity index (χ3v) is 2.61. The number of amides is 1. The zero-order chi connectivity index (χ0) is 10.1. The van der Waals surface area contributed by atoms with E-state index >= 15 is 0 Å². The lowest BCUT2D eigenvalue weighted by Gasteiger charge is -2.21. The molecule has 0 saturated carbocycles. The van der Waals surface area contributed by atoms with Crippen LogP contribution in [0, 0.1) is 0 Å². The van der Waals surface area contributed by atoms with E-state index < -0.39 is 6.61 Å². The molecule has 1 amide bonds. The van der Waals surface area contributed by atoms with Gasteiger partial charge in [0.25, 0.3) is 5.91 Å². The standard InChI is InChI=1S/C11H13NO2/c1-8-6-9-4-2-3-5-10(9)12(8)11(14)7-13/h2-5,8,13H,6-7H2,1H3/t8-/m0/s1. The Hall–Kier alpha value is -1.35. The van der Waals surface area contributed by atoms with Crippen molar-refractivity contribution in [1.82, 2.24) is 0 Å². The van der Waals surface area contributed by atoms with Crippen LogP contribution in [-0.2, 0) is 11.2 Å². The lowest BCUT2D eigenvalue weighted by atomic mass is 10.1. The number of aliphatic hydroxyl groups excluding tert-OH is 1. The number of hydrogen-bond acceptors (Lipinski definition) is 2. The Balaban J connectivity index is 2.39. The number of fused-ring (bicyclic) bond motifs is 1. The number of anilines is 1. The van der Waals surface area contributed by atoms with Gasteiger partial charge in [0.15, 0.2) is 0 Å². The van der Waals surface area contributed by atoms with Crippen LogP contribution in [0.25, 0.3) is 0 Å². The maximum atomic E-state index is 11.5. The van der Waals surface area contributed by atoms with Gasteiger partial charge in [-0.15, -0.1) is 0 Å². The maximum absolute atomic E-state index is 11.5. The van der Waals surface area contributed by atoms with E-state index in [0.29, 0.717) is 0 Å². The Morgan fingerprint density at radius 1 is 1.57 bits per heavy atom. The summed E-state index contributed by atoms with van der Waals surface area (Å²) in [6.07, 6.45) is 0.877. The average Bonchev–Trinajstić information content (AvgIpc) is 2.53. The van der Waals surface area contributed by atoms with Crippen molar-refractivity contribution in [1.29, 1.82) is 0 Å². The molecular weight excluding hydrogens is 178 g/mol. The number of aliphatic hydroxyl groups is 1. The molecule has 74 valence electrons. The molecule has 0 unspecified atom stereocenters. The lowest BCUT2D eigenvalue weighted by molar-refractivity contribution is -0.121. The van der Waals surface area contributed by atoms with Crippen molar-refractivity contribution in [2.45, 2.75) is 19.4 Å². The number of carbonyl (C=O) groups is 1. The quantitative estimate of drug-likeness (QED) is 0.718. The van der Waals surface area contributed by atoms with Crippen LogP contribution in [0.2, 0.25) is 0 Å². The Kier molecular flexibility index (Phi) is 2.25. The molecule has 1 aliphatic heterocycles. The highest BCUT2D eigenvalue weighted by molar-refractivity contribution is 5.96. The van der Waals surface area contributed by atoms with Gasteiger partial charge in [0.1, 0.15) is 6.61 Å². The van der Waals surface area contributed by atoms with Gasteiger partial charge in [-0.1, -0.05) is 18.2 Å². The second-order valence-corrected chi connectivity index (χ2v) is 3.60. The predicted molar refractivity (Wildman–Crippen MR) is 54.2 cm³/mol. The van der Waals surface area contributed by atoms with Crippen molar-refractivity contribution in [2.24, 2.45) is 0 Å². The van der Waals surface area contributed by atoms with Gasteiger partial charge in [0, 0.05) is 11.7 Å². The summed E-state index contributed by atoms with van der Waals surface area (Å²) in [6, 6.07) is 7.99. The van der Waals surface area contributed by atoms with Crippen molar-refractivity contribution in [3.63, 3.8) is 0 Å². The highest BCUT2D eigenvalue weighted by Gasteiger charge is 2.29. The smallest absolute Gasteiger partial charge is 0.252 e. The largest absolute Gasteiger partial charge is 0.387 e. The number of rotatable bonds is 1. The monoisotopic (exact) mass is 191 g/mol. The second kappa shape index (κ2) is 3.42. The number of carbonyl (C=O) groups excluding carboxylic acids is 1. The molecule has 1 heterocycles. The fourth-order valence-electron chi connectivity index (χ4n) is 2.02. The Morgan fingerprint density at radius 2 is 2.29 bits per heavy atom. The first kappa shape index (κ1) is 9.21. The molecule has 0 aliphatic carbocycles. The summed E-state index contributed by atoms with van der Waals surface area (Å²) in [4.78, 5) is 13.1. The molecule has 1 aromatic carbocycles. The Morgan fingerprint density at radius 3 is 3.00 bits per heavy atom. The molecule has 14 heavy (non-hydrogen) atoms. The van der Waals surface area contributed by atoms with Crippen LogP contribution in [0.15, 0.2) is 24.3 Å².